The zero-order valence-corrected chi connectivity index (χ0v) is 17.9. The van der Waals surface area contributed by atoms with Crippen molar-refractivity contribution >= 4 is 29.1 Å². The predicted octanol–water partition coefficient (Wildman–Crippen LogP) is 3.48. The van der Waals surface area contributed by atoms with Crippen molar-refractivity contribution in [2.75, 3.05) is 39.4 Å². The van der Waals surface area contributed by atoms with Crippen LogP contribution in [0.4, 0.5) is 0 Å². The minimum atomic E-state index is -0.660. The number of aliphatic hydroxyl groups is 1. The summed E-state index contributed by atoms with van der Waals surface area (Å²) in [5, 5.41) is 11.5. The fraction of sp³-hybridized carbons (Fsp3) is 0.333. The summed E-state index contributed by atoms with van der Waals surface area (Å²) >= 11 is 6.05. The van der Waals surface area contributed by atoms with E-state index in [0.717, 1.165) is 31.6 Å². The van der Waals surface area contributed by atoms with E-state index >= 15 is 0 Å². The Hall–Kier alpha value is -2.67. The van der Waals surface area contributed by atoms with Gasteiger partial charge in [-0.3, -0.25) is 14.5 Å². The van der Waals surface area contributed by atoms with Crippen LogP contribution in [0.5, 0.6) is 0 Å². The molecule has 1 atom stereocenters. The van der Waals surface area contributed by atoms with Crippen molar-refractivity contribution in [3.8, 4) is 0 Å². The van der Waals surface area contributed by atoms with Crippen LogP contribution < -0.4 is 0 Å². The second-order valence-corrected chi connectivity index (χ2v) is 8.15. The number of amides is 1. The molecule has 0 radical (unpaired) electrons. The third-order valence-electron chi connectivity index (χ3n) is 5.75. The smallest absolute Gasteiger partial charge is 0.295 e. The van der Waals surface area contributed by atoms with Gasteiger partial charge in [0.15, 0.2) is 0 Å². The fourth-order valence-corrected chi connectivity index (χ4v) is 4.27. The highest BCUT2D eigenvalue weighted by atomic mass is 35.5. The number of Topliss-reactive ketones (excluding diaryl/α,β-unsaturated/α-hetero) is 1. The van der Waals surface area contributed by atoms with E-state index in [4.69, 9.17) is 16.3 Å². The minimum absolute atomic E-state index is 0.116. The van der Waals surface area contributed by atoms with Crippen molar-refractivity contribution < 1.29 is 19.4 Å². The molecule has 2 aliphatic rings. The molecule has 2 saturated heterocycles. The second-order valence-electron chi connectivity index (χ2n) is 7.72. The van der Waals surface area contributed by atoms with Gasteiger partial charge < -0.3 is 14.7 Å². The number of benzene rings is 2. The molecule has 2 aromatic rings. The topological polar surface area (TPSA) is 70.1 Å². The quantitative estimate of drug-likeness (QED) is 0.423. The Bertz CT molecular complexity index is 969. The van der Waals surface area contributed by atoms with Crippen LogP contribution >= 0.6 is 11.6 Å². The Labute approximate surface area is 186 Å². The average molecular weight is 441 g/mol. The Morgan fingerprint density at radius 2 is 1.68 bits per heavy atom. The Kier molecular flexibility index (Phi) is 6.70. The number of aliphatic hydroxyl groups excluding tert-OH is 1. The maximum Gasteiger partial charge on any atom is 0.295 e. The molecule has 31 heavy (non-hydrogen) atoms. The first-order valence-electron chi connectivity index (χ1n) is 10.5. The zero-order chi connectivity index (χ0) is 21.8. The van der Waals surface area contributed by atoms with Gasteiger partial charge in [0, 0.05) is 36.8 Å². The highest BCUT2D eigenvalue weighted by Gasteiger charge is 2.45. The summed E-state index contributed by atoms with van der Waals surface area (Å²) < 4.78 is 5.38. The van der Waals surface area contributed by atoms with Crippen LogP contribution in [-0.2, 0) is 14.3 Å². The van der Waals surface area contributed by atoms with E-state index in [-0.39, 0.29) is 11.3 Å². The SMILES string of the molecule is O=C1C(=O)N(CCCN2CCOCC2)[C@H](c2ccc(Cl)cc2)/C1=C(\O)c1ccccc1. The number of halogens is 1. The number of nitrogens with zero attached hydrogens (tertiary/aromatic N) is 2. The summed E-state index contributed by atoms with van der Waals surface area (Å²) in [6.45, 7) is 4.40. The highest BCUT2D eigenvalue weighted by Crippen LogP contribution is 2.39. The number of carbonyl (C=O) groups is 2. The molecule has 2 aromatic carbocycles. The molecule has 0 aromatic heterocycles. The van der Waals surface area contributed by atoms with Crippen LogP contribution in [0.2, 0.25) is 5.02 Å². The maximum absolute atomic E-state index is 13.0. The molecule has 2 heterocycles. The first-order valence-corrected chi connectivity index (χ1v) is 10.8. The Balaban J connectivity index is 1.65. The van der Waals surface area contributed by atoms with Gasteiger partial charge in [-0.2, -0.15) is 0 Å². The molecule has 0 unspecified atom stereocenters. The highest BCUT2D eigenvalue weighted by molar-refractivity contribution is 6.46. The predicted molar refractivity (Wildman–Crippen MR) is 119 cm³/mol. The minimum Gasteiger partial charge on any atom is -0.507 e. The molecule has 0 saturated carbocycles. The van der Waals surface area contributed by atoms with E-state index in [1.54, 1.807) is 53.4 Å². The Morgan fingerprint density at radius 3 is 2.35 bits per heavy atom. The summed E-state index contributed by atoms with van der Waals surface area (Å²) in [5.41, 5.74) is 1.37. The van der Waals surface area contributed by atoms with Gasteiger partial charge in [-0.25, -0.2) is 0 Å². The molecule has 0 spiro atoms. The van der Waals surface area contributed by atoms with Gasteiger partial charge in [0.25, 0.3) is 11.7 Å². The van der Waals surface area contributed by atoms with Gasteiger partial charge in [0.05, 0.1) is 24.8 Å². The molecule has 6 nitrogen and oxygen atoms in total. The lowest BCUT2D eigenvalue weighted by atomic mass is 9.95. The lowest BCUT2D eigenvalue weighted by Crippen LogP contribution is -2.38. The van der Waals surface area contributed by atoms with E-state index < -0.39 is 17.7 Å². The summed E-state index contributed by atoms with van der Waals surface area (Å²) in [7, 11) is 0. The number of ketones is 1. The molecule has 1 N–H and O–H groups in total. The maximum atomic E-state index is 13.0. The molecule has 0 aliphatic carbocycles. The van der Waals surface area contributed by atoms with E-state index in [2.05, 4.69) is 4.90 Å². The summed E-state index contributed by atoms with van der Waals surface area (Å²) in [6, 6.07) is 15.2. The number of carbonyl (C=O) groups excluding carboxylic acids is 2. The number of hydrogen-bond donors (Lipinski definition) is 1. The standard InChI is InChI=1S/C24H25ClN2O4/c25-19-9-7-17(8-10-19)21-20(22(28)18-5-2-1-3-6-18)23(29)24(30)27(21)12-4-11-26-13-15-31-16-14-26/h1-3,5-10,21,28H,4,11-16H2/b22-20+/t21-/m1/s1. The number of likely N-dealkylation sites (tertiary alicyclic amines) is 1. The Morgan fingerprint density at radius 1 is 1.00 bits per heavy atom. The summed E-state index contributed by atoms with van der Waals surface area (Å²) in [6.07, 6.45) is 0.725. The zero-order valence-electron chi connectivity index (χ0n) is 17.2. The van der Waals surface area contributed by atoms with Gasteiger partial charge in [0.2, 0.25) is 0 Å². The van der Waals surface area contributed by atoms with Gasteiger partial charge >= 0.3 is 0 Å². The van der Waals surface area contributed by atoms with Crippen molar-refractivity contribution in [1.29, 1.82) is 0 Å². The van der Waals surface area contributed by atoms with Crippen LogP contribution in [-0.4, -0.2) is 66.0 Å². The van der Waals surface area contributed by atoms with Crippen molar-refractivity contribution in [3.05, 3.63) is 76.3 Å². The van der Waals surface area contributed by atoms with Crippen molar-refractivity contribution in [3.63, 3.8) is 0 Å². The van der Waals surface area contributed by atoms with Crippen molar-refractivity contribution in [2.24, 2.45) is 0 Å². The van der Waals surface area contributed by atoms with Crippen LogP contribution in [0.3, 0.4) is 0 Å². The van der Waals surface area contributed by atoms with Crippen LogP contribution in [0.15, 0.2) is 60.2 Å². The van der Waals surface area contributed by atoms with E-state index in [1.807, 2.05) is 6.07 Å². The summed E-state index contributed by atoms with van der Waals surface area (Å²) in [5.74, 6) is -1.40. The lowest BCUT2D eigenvalue weighted by Gasteiger charge is -2.29. The van der Waals surface area contributed by atoms with Crippen LogP contribution in [0.25, 0.3) is 5.76 Å². The molecule has 7 heteroatoms. The number of rotatable bonds is 6. The molecule has 2 aliphatic heterocycles. The molecule has 2 fully saturated rings. The third-order valence-corrected chi connectivity index (χ3v) is 6.00. The number of ether oxygens (including phenoxy) is 1. The lowest BCUT2D eigenvalue weighted by molar-refractivity contribution is -0.140. The first kappa shape index (κ1) is 21.6. The molecule has 4 rings (SSSR count). The normalized spacial score (nSPS) is 21.6. The second kappa shape index (κ2) is 9.64. The van der Waals surface area contributed by atoms with Gasteiger partial charge in [-0.05, 0) is 24.1 Å². The molecule has 0 bridgehead atoms. The van der Waals surface area contributed by atoms with Gasteiger partial charge in [-0.1, -0.05) is 54.1 Å². The fourth-order valence-electron chi connectivity index (χ4n) is 4.14. The van der Waals surface area contributed by atoms with E-state index in [9.17, 15) is 14.7 Å². The largest absolute Gasteiger partial charge is 0.507 e. The van der Waals surface area contributed by atoms with Crippen LogP contribution in [0, 0.1) is 0 Å². The van der Waals surface area contributed by atoms with E-state index in [1.165, 1.54) is 0 Å². The molecular formula is C24H25ClN2O4. The first-order chi connectivity index (χ1) is 15.1. The van der Waals surface area contributed by atoms with Gasteiger partial charge in [0.1, 0.15) is 5.76 Å². The third kappa shape index (κ3) is 4.66. The number of morpholine rings is 1. The van der Waals surface area contributed by atoms with Gasteiger partial charge in [-0.15, -0.1) is 0 Å². The molecular weight excluding hydrogens is 416 g/mol. The van der Waals surface area contributed by atoms with Crippen LogP contribution in [0.1, 0.15) is 23.6 Å². The summed E-state index contributed by atoms with van der Waals surface area (Å²) in [4.78, 5) is 29.8. The molecule has 1 amide bonds. The molecule has 162 valence electrons. The average Bonchev–Trinajstić information content (AvgIpc) is 3.05. The monoisotopic (exact) mass is 440 g/mol. The van der Waals surface area contributed by atoms with E-state index in [0.29, 0.717) is 30.3 Å². The van der Waals surface area contributed by atoms with Crippen molar-refractivity contribution in [2.45, 2.75) is 12.5 Å². The number of hydrogen-bond acceptors (Lipinski definition) is 5. The van der Waals surface area contributed by atoms with Crippen molar-refractivity contribution in [1.82, 2.24) is 9.80 Å².